The number of carbonyl (C=O) groups is 1. The summed E-state index contributed by atoms with van der Waals surface area (Å²) in [7, 11) is 0. The molecule has 5 nitrogen and oxygen atoms in total. The molecule has 0 aromatic carbocycles. The van der Waals surface area contributed by atoms with E-state index in [4.69, 9.17) is 5.11 Å². The van der Waals surface area contributed by atoms with E-state index in [1.807, 2.05) is 0 Å². The lowest BCUT2D eigenvalue weighted by atomic mass is 10.2. The highest BCUT2D eigenvalue weighted by atomic mass is 16.3. The molecule has 1 fully saturated rings. The minimum atomic E-state index is -0.273. The van der Waals surface area contributed by atoms with E-state index in [9.17, 15) is 4.79 Å². The smallest absolute Gasteiger partial charge is 0.234 e. The Kier molecular flexibility index (Phi) is 6.37. The number of nitrogens with zero attached hydrogens (tertiary/aromatic N) is 1. The summed E-state index contributed by atoms with van der Waals surface area (Å²) in [5.74, 6) is 0.0903. The first-order valence-electron chi connectivity index (χ1n) is 6.06. The monoisotopic (exact) mass is 229 g/mol. The molecule has 1 heterocycles. The van der Waals surface area contributed by atoms with Gasteiger partial charge in [-0.15, -0.1) is 0 Å². The van der Waals surface area contributed by atoms with Crippen LogP contribution in [0.2, 0.25) is 0 Å². The van der Waals surface area contributed by atoms with Crippen molar-refractivity contribution >= 4 is 5.91 Å². The van der Waals surface area contributed by atoms with E-state index in [-0.39, 0.29) is 12.0 Å². The Morgan fingerprint density at radius 2 is 2.19 bits per heavy atom. The molecule has 0 aromatic heterocycles. The number of nitrogens with one attached hydrogen (secondary N) is 2. The van der Waals surface area contributed by atoms with Gasteiger partial charge in [-0.2, -0.15) is 0 Å². The molecule has 0 saturated carbocycles. The zero-order chi connectivity index (χ0) is 11.8. The van der Waals surface area contributed by atoms with Gasteiger partial charge < -0.3 is 15.7 Å². The fraction of sp³-hybridized carbons (Fsp3) is 0.909. The molecule has 0 aromatic rings. The van der Waals surface area contributed by atoms with Crippen LogP contribution in [0.5, 0.6) is 0 Å². The van der Waals surface area contributed by atoms with Gasteiger partial charge in [0.25, 0.3) is 0 Å². The number of piperazine rings is 1. The van der Waals surface area contributed by atoms with Crippen LogP contribution in [0, 0.1) is 0 Å². The predicted octanol–water partition coefficient (Wildman–Crippen LogP) is -0.831. The first kappa shape index (κ1) is 13.4. The quantitative estimate of drug-likeness (QED) is 0.520. The van der Waals surface area contributed by atoms with Crippen LogP contribution >= 0.6 is 0 Å². The van der Waals surface area contributed by atoms with Crippen molar-refractivity contribution < 1.29 is 9.90 Å². The zero-order valence-electron chi connectivity index (χ0n) is 10.0. The fourth-order valence-corrected chi connectivity index (χ4v) is 1.75. The van der Waals surface area contributed by atoms with E-state index >= 15 is 0 Å². The molecule has 1 atom stereocenters. The Balaban J connectivity index is 2.01. The average molecular weight is 229 g/mol. The van der Waals surface area contributed by atoms with Gasteiger partial charge in [0, 0.05) is 32.7 Å². The van der Waals surface area contributed by atoms with Crippen molar-refractivity contribution in [3.63, 3.8) is 0 Å². The van der Waals surface area contributed by atoms with Gasteiger partial charge in [-0.1, -0.05) is 0 Å². The van der Waals surface area contributed by atoms with E-state index < -0.39 is 0 Å². The van der Waals surface area contributed by atoms with Gasteiger partial charge in [0.05, 0.1) is 12.6 Å². The van der Waals surface area contributed by atoms with Crippen LogP contribution < -0.4 is 10.6 Å². The number of carbonyl (C=O) groups excluding carboxylic acids is 1. The normalized spacial score (nSPS) is 19.4. The molecule has 1 aliphatic rings. The van der Waals surface area contributed by atoms with Gasteiger partial charge in [0.1, 0.15) is 0 Å². The predicted molar refractivity (Wildman–Crippen MR) is 63.2 cm³/mol. The SMILES string of the molecule is CC(O)CCCNC(=O)CN1CCNCC1. The Morgan fingerprint density at radius 3 is 2.81 bits per heavy atom. The highest BCUT2D eigenvalue weighted by Crippen LogP contribution is 1.94. The van der Waals surface area contributed by atoms with E-state index in [2.05, 4.69) is 15.5 Å². The summed E-state index contributed by atoms with van der Waals surface area (Å²) in [6, 6.07) is 0. The number of amides is 1. The molecule has 1 rings (SSSR count). The second kappa shape index (κ2) is 7.60. The molecule has 1 aliphatic heterocycles. The van der Waals surface area contributed by atoms with Crippen molar-refractivity contribution in [2.75, 3.05) is 39.3 Å². The number of hydrogen-bond acceptors (Lipinski definition) is 4. The zero-order valence-corrected chi connectivity index (χ0v) is 10.0. The van der Waals surface area contributed by atoms with Gasteiger partial charge in [0.15, 0.2) is 0 Å². The molecule has 0 spiro atoms. The van der Waals surface area contributed by atoms with Crippen molar-refractivity contribution in [3.05, 3.63) is 0 Å². The highest BCUT2D eigenvalue weighted by Gasteiger charge is 2.12. The van der Waals surface area contributed by atoms with Crippen LogP contribution in [-0.4, -0.2) is 61.3 Å². The molecule has 0 bridgehead atoms. The number of aliphatic hydroxyl groups is 1. The van der Waals surface area contributed by atoms with Gasteiger partial charge >= 0.3 is 0 Å². The first-order valence-corrected chi connectivity index (χ1v) is 6.06. The summed E-state index contributed by atoms with van der Waals surface area (Å²) in [6.07, 6.45) is 1.31. The Labute approximate surface area is 97.2 Å². The lowest BCUT2D eigenvalue weighted by Gasteiger charge is -2.26. The highest BCUT2D eigenvalue weighted by molar-refractivity contribution is 5.77. The van der Waals surface area contributed by atoms with E-state index in [0.717, 1.165) is 39.0 Å². The molecule has 0 aliphatic carbocycles. The van der Waals surface area contributed by atoms with Crippen molar-refractivity contribution in [1.29, 1.82) is 0 Å². The van der Waals surface area contributed by atoms with Crippen LogP contribution in [0.1, 0.15) is 19.8 Å². The number of rotatable bonds is 6. The maximum atomic E-state index is 11.5. The molecule has 3 N–H and O–H groups in total. The second-order valence-electron chi connectivity index (χ2n) is 4.37. The van der Waals surface area contributed by atoms with E-state index in [1.54, 1.807) is 6.92 Å². The van der Waals surface area contributed by atoms with Crippen LogP contribution in [0.15, 0.2) is 0 Å². The molecule has 94 valence electrons. The lowest BCUT2D eigenvalue weighted by molar-refractivity contribution is -0.122. The summed E-state index contributed by atoms with van der Waals surface area (Å²) in [5, 5.41) is 15.2. The van der Waals surface area contributed by atoms with Crippen LogP contribution in [0.4, 0.5) is 0 Å². The first-order chi connectivity index (χ1) is 7.68. The Bertz CT molecular complexity index is 203. The van der Waals surface area contributed by atoms with Gasteiger partial charge in [-0.05, 0) is 19.8 Å². The summed E-state index contributed by atoms with van der Waals surface area (Å²) in [5.41, 5.74) is 0. The molecule has 1 unspecified atom stereocenters. The lowest BCUT2D eigenvalue weighted by Crippen LogP contribution is -2.47. The second-order valence-corrected chi connectivity index (χ2v) is 4.37. The van der Waals surface area contributed by atoms with Crippen molar-refractivity contribution in [2.45, 2.75) is 25.9 Å². The van der Waals surface area contributed by atoms with Gasteiger partial charge in [-0.25, -0.2) is 0 Å². The van der Waals surface area contributed by atoms with E-state index in [1.165, 1.54) is 0 Å². The maximum Gasteiger partial charge on any atom is 0.234 e. The molecule has 1 saturated heterocycles. The summed E-state index contributed by atoms with van der Waals surface area (Å²) in [4.78, 5) is 13.7. The van der Waals surface area contributed by atoms with Crippen molar-refractivity contribution in [2.24, 2.45) is 0 Å². The summed E-state index contributed by atoms with van der Waals surface area (Å²) < 4.78 is 0. The van der Waals surface area contributed by atoms with Crippen LogP contribution in [0.25, 0.3) is 0 Å². The van der Waals surface area contributed by atoms with Gasteiger partial charge in [-0.3, -0.25) is 9.69 Å². The number of hydrogen-bond donors (Lipinski definition) is 3. The molecule has 5 heteroatoms. The summed E-state index contributed by atoms with van der Waals surface area (Å²) in [6.45, 7) is 6.75. The molecule has 0 radical (unpaired) electrons. The van der Waals surface area contributed by atoms with E-state index in [0.29, 0.717) is 13.1 Å². The third kappa shape index (κ3) is 6.05. The Morgan fingerprint density at radius 1 is 1.50 bits per heavy atom. The molecular formula is C11H23N3O2. The molecule has 16 heavy (non-hydrogen) atoms. The van der Waals surface area contributed by atoms with Gasteiger partial charge in [0.2, 0.25) is 5.91 Å². The largest absolute Gasteiger partial charge is 0.393 e. The average Bonchev–Trinajstić information content (AvgIpc) is 2.25. The molecule has 1 amide bonds. The van der Waals surface area contributed by atoms with Crippen molar-refractivity contribution in [3.8, 4) is 0 Å². The summed E-state index contributed by atoms with van der Waals surface area (Å²) >= 11 is 0. The van der Waals surface area contributed by atoms with Crippen molar-refractivity contribution in [1.82, 2.24) is 15.5 Å². The third-order valence-electron chi connectivity index (χ3n) is 2.70. The molecular weight excluding hydrogens is 206 g/mol. The fourth-order valence-electron chi connectivity index (χ4n) is 1.75. The third-order valence-corrected chi connectivity index (χ3v) is 2.70. The topological polar surface area (TPSA) is 64.6 Å². The Hall–Kier alpha value is -0.650. The van der Waals surface area contributed by atoms with Crippen LogP contribution in [-0.2, 0) is 4.79 Å². The maximum absolute atomic E-state index is 11.5. The van der Waals surface area contributed by atoms with Crippen LogP contribution in [0.3, 0.4) is 0 Å². The number of aliphatic hydroxyl groups excluding tert-OH is 1. The minimum absolute atomic E-state index is 0.0903. The minimum Gasteiger partial charge on any atom is -0.393 e. The standard InChI is InChI=1S/C11H23N3O2/c1-10(15)3-2-4-13-11(16)9-14-7-5-12-6-8-14/h10,12,15H,2-9H2,1H3,(H,13,16).